The molecule has 1 fully saturated rings. The summed E-state index contributed by atoms with van der Waals surface area (Å²) in [7, 11) is 0. The zero-order valence-corrected chi connectivity index (χ0v) is 14.6. The van der Waals surface area contributed by atoms with E-state index in [9.17, 15) is 0 Å². The Labute approximate surface area is 147 Å². The molecular weight excluding hydrogens is 312 g/mol. The average molecular weight is 334 g/mol. The van der Waals surface area contributed by atoms with Crippen LogP contribution in [0, 0.1) is 6.92 Å². The first-order valence-corrected chi connectivity index (χ1v) is 8.81. The highest BCUT2D eigenvalue weighted by Crippen LogP contribution is 2.34. The fraction of sp³-hybridized carbons (Fsp3) is 0.368. The molecule has 0 aromatic carbocycles. The van der Waals surface area contributed by atoms with Crippen molar-refractivity contribution in [1.29, 1.82) is 0 Å². The lowest BCUT2D eigenvalue weighted by Gasteiger charge is -2.25. The Bertz CT molecular complexity index is 872. The van der Waals surface area contributed by atoms with Crippen LogP contribution in [0.15, 0.2) is 43.0 Å². The molecule has 1 atom stereocenters. The van der Waals surface area contributed by atoms with Gasteiger partial charge in [0.1, 0.15) is 23.8 Å². The van der Waals surface area contributed by atoms with Crippen molar-refractivity contribution < 1.29 is 0 Å². The van der Waals surface area contributed by atoms with Crippen LogP contribution in [0.5, 0.6) is 0 Å². The molecule has 25 heavy (non-hydrogen) atoms. The number of hydrogen-bond acceptors (Lipinski definition) is 5. The number of aromatic nitrogens is 5. The minimum Gasteiger partial charge on any atom is -0.348 e. The highest BCUT2D eigenvalue weighted by Gasteiger charge is 2.28. The van der Waals surface area contributed by atoms with Crippen molar-refractivity contribution in [3.63, 3.8) is 0 Å². The molecule has 0 bridgehead atoms. The summed E-state index contributed by atoms with van der Waals surface area (Å²) >= 11 is 0. The van der Waals surface area contributed by atoms with Gasteiger partial charge in [-0.05, 0) is 31.9 Å². The van der Waals surface area contributed by atoms with Crippen LogP contribution in [0.2, 0.25) is 0 Å². The van der Waals surface area contributed by atoms with Crippen molar-refractivity contribution in [3.05, 3.63) is 60.2 Å². The highest BCUT2D eigenvalue weighted by molar-refractivity contribution is 5.43. The van der Waals surface area contributed by atoms with Gasteiger partial charge < -0.3 is 4.90 Å². The topological polar surface area (TPSA) is 59.7 Å². The fourth-order valence-corrected chi connectivity index (χ4v) is 3.51. The highest BCUT2D eigenvalue weighted by atomic mass is 15.2. The van der Waals surface area contributed by atoms with Crippen LogP contribution in [0.25, 0.3) is 5.82 Å². The van der Waals surface area contributed by atoms with E-state index in [0.717, 1.165) is 54.7 Å². The Morgan fingerprint density at radius 2 is 2.08 bits per heavy atom. The van der Waals surface area contributed by atoms with Crippen LogP contribution in [0.1, 0.15) is 43.0 Å². The Kier molecular flexibility index (Phi) is 4.17. The number of pyridine rings is 1. The maximum atomic E-state index is 4.94. The third-order valence-corrected chi connectivity index (χ3v) is 4.71. The van der Waals surface area contributed by atoms with Crippen molar-refractivity contribution >= 4 is 5.82 Å². The van der Waals surface area contributed by atoms with E-state index < -0.39 is 0 Å². The van der Waals surface area contributed by atoms with E-state index in [1.165, 1.54) is 0 Å². The largest absolute Gasteiger partial charge is 0.348 e. The first-order chi connectivity index (χ1) is 12.3. The lowest BCUT2D eigenvalue weighted by atomic mass is 10.1. The van der Waals surface area contributed by atoms with Gasteiger partial charge in [-0.3, -0.25) is 4.57 Å². The van der Waals surface area contributed by atoms with E-state index in [-0.39, 0.29) is 6.04 Å². The van der Waals surface area contributed by atoms with Crippen LogP contribution in [0.3, 0.4) is 0 Å². The van der Waals surface area contributed by atoms with Gasteiger partial charge in [0, 0.05) is 37.1 Å². The molecule has 4 heterocycles. The van der Waals surface area contributed by atoms with Crippen LogP contribution in [-0.2, 0) is 6.42 Å². The lowest BCUT2D eigenvalue weighted by Crippen LogP contribution is -2.24. The molecule has 3 aromatic rings. The summed E-state index contributed by atoms with van der Waals surface area (Å²) in [5, 5.41) is 0. The molecule has 128 valence electrons. The Morgan fingerprint density at radius 1 is 1.16 bits per heavy atom. The molecule has 1 aliphatic rings. The van der Waals surface area contributed by atoms with Crippen molar-refractivity contribution in [3.8, 4) is 5.82 Å². The predicted molar refractivity (Wildman–Crippen MR) is 96.8 cm³/mol. The minimum atomic E-state index is 0.253. The molecule has 6 nitrogen and oxygen atoms in total. The minimum absolute atomic E-state index is 0.253. The summed E-state index contributed by atoms with van der Waals surface area (Å²) in [6, 6.07) is 8.54. The molecule has 0 amide bonds. The molecule has 1 saturated heterocycles. The summed E-state index contributed by atoms with van der Waals surface area (Å²) in [5.41, 5.74) is 2.07. The number of aryl methyl sites for hydroxylation is 2. The molecule has 0 unspecified atom stereocenters. The zero-order valence-electron chi connectivity index (χ0n) is 14.6. The smallest absolute Gasteiger partial charge is 0.138 e. The second-order valence-electron chi connectivity index (χ2n) is 6.36. The van der Waals surface area contributed by atoms with Crippen molar-refractivity contribution in [2.24, 2.45) is 0 Å². The van der Waals surface area contributed by atoms with Crippen molar-refractivity contribution in [1.82, 2.24) is 24.5 Å². The molecular formula is C19H22N6. The summed E-state index contributed by atoms with van der Waals surface area (Å²) in [6.07, 6.45) is 8.57. The number of hydrogen-bond donors (Lipinski definition) is 0. The van der Waals surface area contributed by atoms with E-state index in [1.807, 2.05) is 31.5 Å². The Hall–Kier alpha value is -2.76. The number of imidazole rings is 1. The molecule has 3 aromatic heterocycles. The second-order valence-corrected chi connectivity index (χ2v) is 6.36. The van der Waals surface area contributed by atoms with Gasteiger partial charge in [-0.1, -0.05) is 13.0 Å². The predicted octanol–water partition coefficient (Wildman–Crippen LogP) is 3.27. The standard InChI is InChI=1S/C19H22N6/c1-3-17-20-9-11-25(17)18-8-4-6-15(23-18)16-7-5-10-24(16)19-12-14(2)21-13-22-19/h4,6,8-9,11-13,16H,3,5,7,10H2,1-2H3/t16-/m1/s1. The van der Waals surface area contributed by atoms with Gasteiger partial charge >= 0.3 is 0 Å². The third kappa shape index (κ3) is 2.99. The van der Waals surface area contributed by atoms with Crippen molar-refractivity contribution in [2.75, 3.05) is 11.4 Å². The number of nitrogens with zero attached hydrogens (tertiary/aromatic N) is 6. The van der Waals surface area contributed by atoms with E-state index in [2.05, 4.69) is 43.5 Å². The fourth-order valence-electron chi connectivity index (χ4n) is 3.51. The van der Waals surface area contributed by atoms with Crippen LogP contribution < -0.4 is 4.90 Å². The summed E-state index contributed by atoms with van der Waals surface area (Å²) in [6.45, 7) is 5.11. The third-order valence-electron chi connectivity index (χ3n) is 4.71. The van der Waals surface area contributed by atoms with Gasteiger partial charge in [-0.25, -0.2) is 19.9 Å². The normalized spacial score (nSPS) is 17.2. The average Bonchev–Trinajstić information content (AvgIpc) is 3.31. The van der Waals surface area contributed by atoms with Crippen LogP contribution in [-0.4, -0.2) is 31.0 Å². The van der Waals surface area contributed by atoms with Gasteiger partial charge in [0.05, 0.1) is 11.7 Å². The Balaban J connectivity index is 1.68. The summed E-state index contributed by atoms with van der Waals surface area (Å²) in [4.78, 5) is 20.4. The molecule has 1 aliphatic heterocycles. The van der Waals surface area contributed by atoms with Crippen LogP contribution in [0.4, 0.5) is 5.82 Å². The SMILES string of the molecule is CCc1nccn1-c1cccc([C@H]2CCCN2c2cc(C)ncn2)n1. The monoisotopic (exact) mass is 334 g/mol. The van der Waals surface area contributed by atoms with Crippen molar-refractivity contribution in [2.45, 2.75) is 39.2 Å². The second kappa shape index (κ2) is 6.63. The number of rotatable bonds is 4. The first kappa shape index (κ1) is 15.7. The zero-order chi connectivity index (χ0) is 17.2. The molecule has 0 aliphatic carbocycles. The molecule has 4 rings (SSSR count). The molecule has 0 saturated carbocycles. The van der Waals surface area contributed by atoms with Gasteiger partial charge in [-0.15, -0.1) is 0 Å². The quantitative estimate of drug-likeness (QED) is 0.733. The van der Waals surface area contributed by atoms with E-state index in [4.69, 9.17) is 4.98 Å². The summed E-state index contributed by atoms with van der Waals surface area (Å²) < 4.78 is 2.07. The molecule has 6 heteroatoms. The molecule has 0 spiro atoms. The Morgan fingerprint density at radius 3 is 2.92 bits per heavy atom. The van der Waals surface area contributed by atoms with Gasteiger partial charge in [-0.2, -0.15) is 0 Å². The van der Waals surface area contributed by atoms with E-state index >= 15 is 0 Å². The van der Waals surface area contributed by atoms with E-state index in [1.54, 1.807) is 6.33 Å². The van der Waals surface area contributed by atoms with E-state index in [0.29, 0.717) is 0 Å². The van der Waals surface area contributed by atoms with Gasteiger partial charge in [0.25, 0.3) is 0 Å². The summed E-state index contributed by atoms with van der Waals surface area (Å²) in [5.74, 6) is 2.94. The maximum absolute atomic E-state index is 4.94. The first-order valence-electron chi connectivity index (χ1n) is 8.81. The van der Waals surface area contributed by atoms with Gasteiger partial charge in [0.2, 0.25) is 0 Å². The van der Waals surface area contributed by atoms with Crippen LogP contribution >= 0.6 is 0 Å². The molecule has 0 radical (unpaired) electrons. The molecule has 0 N–H and O–H groups in total. The number of anilines is 1. The van der Waals surface area contributed by atoms with Gasteiger partial charge in [0.15, 0.2) is 0 Å². The maximum Gasteiger partial charge on any atom is 0.138 e. The lowest BCUT2D eigenvalue weighted by molar-refractivity contribution is 0.681.